The van der Waals surface area contributed by atoms with Crippen molar-refractivity contribution in [2.24, 2.45) is 0 Å². The highest BCUT2D eigenvalue weighted by atomic mass is 19.1. The van der Waals surface area contributed by atoms with Crippen molar-refractivity contribution in [1.82, 2.24) is 0 Å². The van der Waals surface area contributed by atoms with E-state index in [1.807, 2.05) is 0 Å². The van der Waals surface area contributed by atoms with Gasteiger partial charge in [-0.2, -0.15) is 0 Å². The van der Waals surface area contributed by atoms with Crippen molar-refractivity contribution in [2.45, 2.75) is 32.9 Å². The molecule has 1 aliphatic heterocycles. The number of benzene rings is 1. The zero-order valence-corrected chi connectivity index (χ0v) is 10.4. The number of aryl methyl sites for hydroxylation is 1. The molecule has 4 nitrogen and oxygen atoms in total. The second kappa shape index (κ2) is 4.17. The Morgan fingerprint density at radius 2 is 1.89 bits per heavy atom. The van der Waals surface area contributed by atoms with Crippen LogP contribution in [0.15, 0.2) is 12.1 Å². The Bertz CT molecular complexity index is 539. The van der Waals surface area contributed by atoms with Crippen molar-refractivity contribution in [3.8, 4) is 0 Å². The summed E-state index contributed by atoms with van der Waals surface area (Å²) in [6.07, 6.45) is -0.780. The number of aliphatic hydroxyl groups is 1. The molecule has 0 spiro atoms. The first-order valence-corrected chi connectivity index (χ1v) is 5.70. The fourth-order valence-corrected chi connectivity index (χ4v) is 2.16. The molecule has 0 bridgehead atoms. The van der Waals surface area contributed by atoms with Crippen LogP contribution in [0.1, 0.15) is 29.8 Å². The molecule has 1 N–H and O–H groups in total. The smallest absolute Gasteiger partial charge is 0.299 e. The first kappa shape index (κ1) is 12.7. The fourth-order valence-electron chi connectivity index (χ4n) is 2.16. The molecule has 0 aromatic heterocycles. The molecule has 18 heavy (non-hydrogen) atoms. The van der Waals surface area contributed by atoms with E-state index < -0.39 is 29.7 Å². The Morgan fingerprint density at radius 3 is 2.44 bits per heavy atom. The SMILES string of the molecule is Cc1cc(F)cc2c1N(C(C)C(C)O)C(=O)C2=O. The normalized spacial score (nSPS) is 17.9. The van der Waals surface area contributed by atoms with Crippen LogP contribution in [0.4, 0.5) is 10.1 Å². The first-order valence-electron chi connectivity index (χ1n) is 5.70. The molecule has 2 rings (SSSR count). The van der Waals surface area contributed by atoms with Crippen LogP contribution in [0.25, 0.3) is 0 Å². The number of fused-ring (bicyclic) bond motifs is 1. The highest BCUT2D eigenvalue weighted by molar-refractivity contribution is 6.52. The molecule has 1 aromatic rings. The Labute approximate surface area is 104 Å². The van der Waals surface area contributed by atoms with Gasteiger partial charge in [-0.1, -0.05) is 0 Å². The maximum atomic E-state index is 13.3. The lowest BCUT2D eigenvalue weighted by Crippen LogP contribution is -2.43. The molecule has 1 heterocycles. The van der Waals surface area contributed by atoms with Gasteiger partial charge in [0.05, 0.1) is 23.4 Å². The predicted molar refractivity (Wildman–Crippen MR) is 64.1 cm³/mol. The summed E-state index contributed by atoms with van der Waals surface area (Å²) in [6.45, 7) is 4.82. The van der Waals surface area contributed by atoms with Gasteiger partial charge in [-0.3, -0.25) is 14.5 Å². The molecule has 1 aliphatic rings. The van der Waals surface area contributed by atoms with E-state index in [1.54, 1.807) is 20.8 Å². The summed E-state index contributed by atoms with van der Waals surface area (Å²) < 4.78 is 13.3. The lowest BCUT2D eigenvalue weighted by molar-refractivity contribution is -0.115. The van der Waals surface area contributed by atoms with Gasteiger partial charge in [-0.15, -0.1) is 0 Å². The van der Waals surface area contributed by atoms with Gasteiger partial charge < -0.3 is 5.11 Å². The number of halogens is 1. The van der Waals surface area contributed by atoms with Crippen LogP contribution >= 0.6 is 0 Å². The van der Waals surface area contributed by atoms with Crippen LogP contribution in [-0.2, 0) is 4.79 Å². The zero-order valence-electron chi connectivity index (χ0n) is 10.4. The third kappa shape index (κ3) is 1.71. The van der Waals surface area contributed by atoms with E-state index in [0.29, 0.717) is 11.3 Å². The average Bonchev–Trinajstić information content (AvgIpc) is 2.52. The molecule has 2 unspecified atom stereocenters. The van der Waals surface area contributed by atoms with Crippen LogP contribution in [0.3, 0.4) is 0 Å². The number of ketones is 1. The maximum Gasteiger partial charge on any atom is 0.299 e. The number of carbonyl (C=O) groups is 2. The van der Waals surface area contributed by atoms with Gasteiger partial charge in [0.1, 0.15) is 5.82 Å². The van der Waals surface area contributed by atoms with Gasteiger partial charge in [0.25, 0.3) is 11.7 Å². The lowest BCUT2D eigenvalue weighted by Gasteiger charge is -2.27. The topological polar surface area (TPSA) is 57.6 Å². The summed E-state index contributed by atoms with van der Waals surface area (Å²) in [7, 11) is 0. The van der Waals surface area contributed by atoms with Crippen LogP contribution < -0.4 is 4.90 Å². The molecular formula is C13H14FNO3. The standard InChI is InChI=1S/C13H14FNO3/c1-6-4-9(14)5-10-11(6)15(7(2)8(3)16)13(18)12(10)17/h4-5,7-8,16H,1-3H3. The van der Waals surface area contributed by atoms with E-state index in [4.69, 9.17) is 0 Å². The number of aliphatic hydroxyl groups excluding tert-OH is 1. The zero-order chi connectivity index (χ0) is 13.6. The summed E-state index contributed by atoms with van der Waals surface area (Å²) in [5.41, 5.74) is 0.988. The number of hydrogen-bond acceptors (Lipinski definition) is 3. The summed E-state index contributed by atoms with van der Waals surface area (Å²) in [6, 6.07) is 1.80. The van der Waals surface area contributed by atoms with E-state index >= 15 is 0 Å². The molecular weight excluding hydrogens is 237 g/mol. The molecule has 2 atom stereocenters. The minimum atomic E-state index is -0.780. The molecule has 5 heteroatoms. The Morgan fingerprint density at radius 1 is 1.28 bits per heavy atom. The van der Waals surface area contributed by atoms with Crippen molar-refractivity contribution < 1.29 is 19.1 Å². The van der Waals surface area contributed by atoms with E-state index in [2.05, 4.69) is 0 Å². The number of nitrogens with zero attached hydrogens (tertiary/aromatic N) is 1. The highest BCUT2D eigenvalue weighted by Gasteiger charge is 2.41. The highest BCUT2D eigenvalue weighted by Crippen LogP contribution is 2.35. The summed E-state index contributed by atoms with van der Waals surface area (Å²) >= 11 is 0. The van der Waals surface area contributed by atoms with Gasteiger partial charge in [-0.25, -0.2) is 4.39 Å². The van der Waals surface area contributed by atoms with Crippen molar-refractivity contribution in [3.05, 3.63) is 29.1 Å². The first-order chi connectivity index (χ1) is 8.34. The second-order valence-corrected chi connectivity index (χ2v) is 4.60. The van der Waals surface area contributed by atoms with Gasteiger partial charge in [0, 0.05) is 0 Å². The summed E-state index contributed by atoms with van der Waals surface area (Å²) in [5, 5.41) is 9.58. The van der Waals surface area contributed by atoms with E-state index in [-0.39, 0.29) is 5.56 Å². The summed E-state index contributed by atoms with van der Waals surface area (Å²) in [4.78, 5) is 25.0. The number of hydrogen-bond donors (Lipinski definition) is 1. The van der Waals surface area contributed by atoms with E-state index in [1.165, 1.54) is 11.0 Å². The van der Waals surface area contributed by atoms with Gasteiger partial charge in [0.15, 0.2) is 0 Å². The lowest BCUT2D eigenvalue weighted by atomic mass is 10.1. The summed E-state index contributed by atoms with van der Waals surface area (Å²) in [5.74, 6) is -1.98. The van der Waals surface area contributed by atoms with Crippen LogP contribution in [-0.4, -0.2) is 28.9 Å². The van der Waals surface area contributed by atoms with Crippen LogP contribution in [0.2, 0.25) is 0 Å². The Kier molecular flexibility index (Phi) is 2.94. The Balaban J connectivity index is 2.62. The number of amides is 1. The fraction of sp³-hybridized carbons (Fsp3) is 0.385. The van der Waals surface area contributed by atoms with Gasteiger partial charge in [0.2, 0.25) is 0 Å². The second-order valence-electron chi connectivity index (χ2n) is 4.60. The van der Waals surface area contributed by atoms with E-state index in [9.17, 15) is 19.1 Å². The quantitative estimate of drug-likeness (QED) is 0.809. The predicted octanol–water partition coefficient (Wildman–Crippen LogP) is 1.43. The minimum absolute atomic E-state index is 0.0741. The van der Waals surface area contributed by atoms with Crippen LogP contribution in [0, 0.1) is 12.7 Å². The van der Waals surface area contributed by atoms with Gasteiger partial charge in [-0.05, 0) is 38.5 Å². The number of carbonyl (C=O) groups excluding carboxylic acids is 2. The molecule has 1 aromatic carbocycles. The number of Topliss-reactive ketones (excluding diaryl/α,β-unsaturated/α-hetero) is 1. The van der Waals surface area contributed by atoms with Crippen molar-refractivity contribution in [3.63, 3.8) is 0 Å². The number of anilines is 1. The van der Waals surface area contributed by atoms with Crippen molar-refractivity contribution in [2.75, 3.05) is 4.90 Å². The molecule has 96 valence electrons. The Hall–Kier alpha value is -1.75. The van der Waals surface area contributed by atoms with Crippen LogP contribution in [0.5, 0.6) is 0 Å². The van der Waals surface area contributed by atoms with Crippen molar-refractivity contribution in [1.29, 1.82) is 0 Å². The molecule has 0 fully saturated rings. The average molecular weight is 251 g/mol. The minimum Gasteiger partial charge on any atom is -0.391 e. The number of rotatable bonds is 2. The largest absolute Gasteiger partial charge is 0.391 e. The molecule has 0 radical (unpaired) electrons. The third-order valence-corrected chi connectivity index (χ3v) is 3.27. The van der Waals surface area contributed by atoms with Crippen molar-refractivity contribution >= 4 is 17.4 Å². The molecule has 1 amide bonds. The maximum absolute atomic E-state index is 13.3. The molecule has 0 saturated heterocycles. The third-order valence-electron chi connectivity index (χ3n) is 3.27. The molecule has 0 aliphatic carbocycles. The molecule has 0 saturated carbocycles. The van der Waals surface area contributed by atoms with E-state index in [0.717, 1.165) is 6.07 Å². The van der Waals surface area contributed by atoms with Gasteiger partial charge >= 0.3 is 0 Å². The monoisotopic (exact) mass is 251 g/mol.